The Labute approximate surface area is 122 Å². The number of oxazole rings is 1. The number of methoxy groups -OCH3 is 1. The van der Waals surface area contributed by atoms with Crippen molar-refractivity contribution < 1.29 is 19.2 Å². The van der Waals surface area contributed by atoms with Crippen molar-refractivity contribution >= 4 is 24.3 Å². The average molecular weight is 293 g/mol. The molecule has 1 aromatic carbocycles. The normalized spacial score (nSPS) is 10.7. The van der Waals surface area contributed by atoms with Gasteiger partial charge in [0.05, 0.1) is 12.8 Å². The maximum Gasteiger partial charge on any atom is 0.492 e. The van der Waals surface area contributed by atoms with Gasteiger partial charge < -0.3 is 19.2 Å². The summed E-state index contributed by atoms with van der Waals surface area (Å²) in [4.78, 5) is 4.29. The Morgan fingerprint density at radius 1 is 1.35 bits per heavy atom. The topological polar surface area (TPSA) is 75.7 Å². The summed E-state index contributed by atoms with van der Waals surface area (Å²) in [7, 11) is -0.0605. The number of hydrogen-bond donors (Lipinski definition) is 2. The second kappa shape index (κ2) is 6.34. The molecule has 0 aliphatic carbocycles. The lowest BCUT2D eigenvalue weighted by Crippen LogP contribution is -2.31. The molecule has 5 nitrogen and oxygen atoms in total. The Hall–Kier alpha value is -1.44. The van der Waals surface area contributed by atoms with Crippen LogP contribution in [0.2, 0.25) is 0 Å². The van der Waals surface area contributed by atoms with Crippen LogP contribution in [0.15, 0.2) is 27.8 Å². The first kappa shape index (κ1) is 15.0. The Balaban J connectivity index is 2.11. The summed E-state index contributed by atoms with van der Waals surface area (Å²) < 4.78 is 10.6. The van der Waals surface area contributed by atoms with Crippen molar-refractivity contribution in [2.24, 2.45) is 0 Å². The van der Waals surface area contributed by atoms with Crippen LogP contribution < -0.4 is 10.2 Å². The second-order valence-electron chi connectivity index (χ2n) is 4.36. The van der Waals surface area contributed by atoms with E-state index in [1.165, 1.54) is 18.9 Å². The minimum Gasteiger partial charge on any atom is -0.497 e. The standard InChI is InChI=1S/C13H16BNO4S/c1-8-9(2)19-13(15-8)20-7-10-4-5-12(18-3)11(6-10)14(16)17/h4-6,16-17H,7H2,1-3H3. The van der Waals surface area contributed by atoms with Crippen molar-refractivity contribution in [2.75, 3.05) is 7.11 Å². The van der Waals surface area contributed by atoms with Gasteiger partial charge in [0.25, 0.3) is 5.22 Å². The SMILES string of the molecule is COc1ccc(CSc2nc(C)c(C)o2)cc1B(O)O. The summed E-state index contributed by atoms with van der Waals surface area (Å²) in [5, 5.41) is 19.3. The molecule has 106 valence electrons. The van der Waals surface area contributed by atoms with Crippen LogP contribution in [0.1, 0.15) is 17.0 Å². The lowest BCUT2D eigenvalue weighted by molar-refractivity contribution is 0.403. The third-order valence-electron chi connectivity index (χ3n) is 2.94. The first-order chi connectivity index (χ1) is 9.51. The zero-order valence-electron chi connectivity index (χ0n) is 11.6. The molecule has 1 heterocycles. The van der Waals surface area contributed by atoms with Crippen LogP contribution in [0.5, 0.6) is 5.75 Å². The highest BCUT2D eigenvalue weighted by Crippen LogP contribution is 2.24. The predicted octanol–water partition coefficient (Wildman–Crippen LogP) is 1.27. The summed E-state index contributed by atoms with van der Waals surface area (Å²) in [6.07, 6.45) is 0. The molecule has 0 radical (unpaired) electrons. The number of nitrogens with zero attached hydrogens (tertiary/aromatic N) is 1. The lowest BCUT2D eigenvalue weighted by Gasteiger charge is -2.09. The fraction of sp³-hybridized carbons (Fsp3) is 0.308. The predicted molar refractivity (Wildman–Crippen MR) is 78.4 cm³/mol. The third kappa shape index (κ3) is 3.36. The highest BCUT2D eigenvalue weighted by atomic mass is 32.2. The van der Waals surface area contributed by atoms with Gasteiger partial charge in [-0.3, -0.25) is 0 Å². The zero-order chi connectivity index (χ0) is 14.7. The molecule has 0 bridgehead atoms. The lowest BCUT2D eigenvalue weighted by atomic mass is 9.79. The zero-order valence-corrected chi connectivity index (χ0v) is 12.4. The van der Waals surface area contributed by atoms with Gasteiger partial charge in [-0.15, -0.1) is 0 Å². The van der Waals surface area contributed by atoms with Crippen molar-refractivity contribution in [2.45, 2.75) is 24.8 Å². The van der Waals surface area contributed by atoms with Gasteiger partial charge in [-0.1, -0.05) is 23.9 Å². The molecule has 0 saturated carbocycles. The molecule has 0 atom stereocenters. The van der Waals surface area contributed by atoms with Crippen LogP contribution in [-0.4, -0.2) is 29.3 Å². The van der Waals surface area contributed by atoms with Crippen LogP contribution in [0.3, 0.4) is 0 Å². The number of hydrogen-bond acceptors (Lipinski definition) is 6. The quantitative estimate of drug-likeness (QED) is 0.639. The van der Waals surface area contributed by atoms with Crippen LogP contribution in [0, 0.1) is 13.8 Å². The summed E-state index contributed by atoms with van der Waals surface area (Å²) in [5.41, 5.74) is 2.17. The van der Waals surface area contributed by atoms with Crippen molar-refractivity contribution in [1.82, 2.24) is 4.98 Å². The van der Waals surface area contributed by atoms with E-state index in [0.717, 1.165) is 17.0 Å². The van der Waals surface area contributed by atoms with Crippen molar-refractivity contribution in [3.63, 3.8) is 0 Å². The van der Waals surface area contributed by atoms with E-state index in [1.54, 1.807) is 12.1 Å². The van der Waals surface area contributed by atoms with Gasteiger partial charge in [0.15, 0.2) is 0 Å². The van der Waals surface area contributed by atoms with Gasteiger partial charge >= 0.3 is 7.12 Å². The molecule has 7 heteroatoms. The minimum atomic E-state index is -1.55. The first-order valence-corrected chi connectivity index (χ1v) is 7.09. The fourth-order valence-corrected chi connectivity index (χ4v) is 2.58. The van der Waals surface area contributed by atoms with Gasteiger partial charge in [0, 0.05) is 11.2 Å². The maximum atomic E-state index is 9.32. The van der Waals surface area contributed by atoms with Crippen LogP contribution in [-0.2, 0) is 5.75 Å². The number of aryl methyl sites for hydroxylation is 2. The number of ether oxygens (including phenoxy) is 1. The first-order valence-electron chi connectivity index (χ1n) is 6.11. The van der Waals surface area contributed by atoms with E-state index in [-0.39, 0.29) is 0 Å². The molecule has 0 amide bonds. The van der Waals surface area contributed by atoms with E-state index >= 15 is 0 Å². The van der Waals surface area contributed by atoms with Gasteiger partial charge in [-0.05, 0) is 25.5 Å². The summed E-state index contributed by atoms with van der Waals surface area (Å²) in [6, 6.07) is 5.30. The minimum absolute atomic E-state index is 0.352. The number of thioether (sulfide) groups is 1. The molecule has 2 N–H and O–H groups in total. The average Bonchev–Trinajstić information content (AvgIpc) is 2.75. The molecular weight excluding hydrogens is 277 g/mol. The van der Waals surface area contributed by atoms with E-state index in [1.807, 2.05) is 19.9 Å². The van der Waals surface area contributed by atoms with Crippen LogP contribution in [0.4, 0.5) is 0 Å². The van der Waals surface area contributed by atoms with E-state index < -0.39 is 7.12 Å². The van der Waals surface area contributed by atoms with Gasteiger partial charge in [-0.25, -0.2) is 4.98 Å². The molecule has 1 aromatic heterocycles. The number of aromatic nitrogens is 1. The molecule has 0 aliphatic heterocycles. The Morgan fingerprint density at radius 3 is 2.65 bits per heavy atom. The second-order valence-corrected chi connectivity index (χ2v) is 5.29. The fourth-order valence-electron chi connectivity index (χ4n) is 1.73. The van der Waals surface area contributed by atoms with Gasteiger partial charge in [0.1, 0.15) is 11.5 Å². The smallest absolute Gasteiger partial charge is 0.492 e. The molecule has 0 aliphatic rings. The van der Waals surface area contributed by atoms with E-state index in [4.69, 9.17) is 9.15 Å². The molecule has 0 fully saturated rings. The molecule has 2 aromatic rings. The highest BCUT2D eigenvalue weighted by molar-refractivity contribution is 7.98. The number of benzene rings is 1. The molecule has 20 heavy (non-hydrogen) atoms. The van der Waals surface area contributed by atoms with Crippen molar-refractivity contribution in [1.29, 1.82) is 0 Å². The Morgan fingerprint density at radius 2 is 2.10 bits per heavy atom. The van der Waals surface area contributed by atoms with Gasteiger partial charge in [-0.2, -0.15) is 0 Å². The van der Waals surface area contributed by atoms with E-state index in [2.05, 4.69) is 4.98 Å². The monoisotopic (exact) mass is 293 g/mol. The van der Waals surface area contributed by atoms with Crippen LogP contribution >= 0.6 is 11.8 Å². The number of rotatable bonds is 5. The maximum absolute atomic E-state index is 9.32. The molecule has 0 spiro atoms. The van der Waals surface area contributed by atoms with Crippen LogP contribution in [0.25, 0.3) is 0 Å². The summed E-state index contributed by atoms with van der Waals surface area (Å²) in [5.74, 6) is 1.90. The molecule has 0 unspecified atom stereocenters. The highest BCUT2D eigenvalue weighted by Gasteiger charge is 2.17. The van der Waals surface area contributed by atoms with Crippen molar-refractivity contribution in [3.8, 4) is 5.75 Å². The summed E-state index contributed by atoms with van der Waals surface area (Å²) in [6.45, 7) is 3.77. The van der Waals surface area contributed by atoms with Crippen molar-refractivity contribution in [3.05, 3.63) is 35.2 Å². The third-order valence-corrected chi connectivity index (χ3v) is 3.84. The Bertz CT molecular complexity index is 581. The molecule has 0 saturated heterocycles. The molecule has 2 rings (SSSR count). The molecular formula is C13H16BNO4S. The Kier molecular flexibility index (Phi) is 4.75. The largest absolute Gasteiger partial charge is 0.497 e. The summed E-state index contributed by atoms with van der Waals surface area (Å²) >= 11 is 1.46. The van der Waals surface area contributed by atoms with E-state index in [9.17, 15) is 10.0 Å². The van der Waals surface area contributed by atoms with Gasteiger partial charge in [0.2, 0.25) is 0 Å². The van der Waals surface area contributed by atoms with E-state index in [0.29, 0.717) is 22.2 Å².